The lowest BCUT2D eigenvalue weighted by atomic mass is 9.43. The third-order valence-electron chi connectivity index (χ3n) is 10.9. The number of aromatic nitrogens is 1. The fourth-order valence-corrected chi connectivity index (χ4v) is 9.67. The summed E-state index contributed by atoms with van der Waals surface area (Å²) in [7, 11) is 0. The van der Waals surface area contributed by atoms with E-state index in [9.17, 15) is 0 Å². The highest BCUT2D eigenvalue weighted by atomic mass is 14.7. The summed E-state index contributed by atoms with van der Waals surface area (Å²) in [4.78, 5) is 4.89. The first-order chi connectivity index (χ1) is 18.3. The Labute approximate surface area is 218 Å². The van der Waals surface area contributed by atoms with E-state index in [1.165, 1.54) is 76.9 Å². The average molecular weight is 478 g/mol. The molecule has 4 aromatic carbocycles. The number of pyridine rings is 1. The SMILES string of the molecule is c1cc(-c2cccc3cccnc23)c2c(c1)C1(c3ccc4ccccc4c3-2)C2CCC3CCC(C2)CC31. The molecule has 0 saturated heterocycles. The standard InChI is InChI=1S/C36H31N/c1-2-9-27-23(6-1)16-18-31-33(27)34-28(29-11-3-7-25-8-5-19-37-35(25)29)10-4-12-30(34)36(31)26-17-15-24-14-13-22(20-26)21-32(24)36/h1-12,16,18-19,22,24,26,32H,13-15,17,20-21H2. The van der Waals surface area contributed by atoms with Gasteiger partial charge in [-0.3, -0.25) is 4.98 Å². The molecule has 0 radical (unpaired) electrons. The van der Waals surface area contributed by atoms with Crippen molar-refractivity contribution >= 4 is 21.7 Å². The van der Waals surface area contributed by atoms with Gasteiger partial charge in [-0.1, -0.05) is 85.3 Å². The molecular weight excluding hydrogens is 446 g/mol. The van der Waals surface area contributed by atoms with Crippen LogP contribution in [0.3, 0.4) is 0 Å². The third kappa shape index (κ3) is 2.53. The second kappa shape index (κ2) is 7.32. The maximum absolute atomic E-state index is 4.89. The van der Waals surface area contributed by atoms with Crippen molar-refractivity contribution in [3.8, 4) is 22.3 Å². The summed E-state index contributed by atoms with van der Waals surface area (Å²) in [5.74, 6) is 3.35. The average Bonchev–Trinajstić information content (AvgIpc) is 3.23. The zero-order valence-corrected chi connectivity index (χ0v) is 21.2. The van der Waals surface area contributed by atoms with Crippen molar-refractivity contribution in [2.75, 3.05) is 0 Å². The van der Waals surface area contributed by atoms with Crippen molar-refractivity contribution < 1.29 is 0 Å². The molecule has 5 aromatic rings. The van der Waals surface area contributed by atoms with E-state index < -0.39 is 0 Å². The fourth-order valence-electron chi connectivity index (χ4n) is 9.67. The molecule has 3 saturated carbocycles. The third-order valence-corrected chi connectivity index (χ3v) is 10.9. The van der Waals surface area contributed by atoms with Gasteiger partial charge in [0, 0.05) is 22.6 Å². The van der Waals surface area contributed by atoms with Gasteiger partial charge in [0.2, 0.25) is 0 Å². The largest absolute Gasteiger partial charge is 0.256 e. The van der Waals surface area contributed by atoms with Gasteiger partial charge in [0.05, 0.1) is 5.52 Å². The van der Waals surface area contributed by atoms with E-state index in [1.54, 1.807) is 11.1 Å². The number of rotatable bonds is 1. The zero-order chi connectivity index (χ0) is 24.1. The van der Waals surface area contributed by atoms with Crippen LogP contribution in [0.25, 0.3) is 43.9 Å². The predicted molar refractivity (Wildman–Crippen MR) is 153 cm³/mol. The number of fused-ring (bicyclic) bond motifs is 7. The minimum Gasteiger partial charge on any atom is -0.256 e. The highest BCUT2D eigenvalue weighted by molar-refractivity contribution is 6.09. The Morgan fingerprint density at radius 3 is 2.43 bits per heavy atom. The van der Waals surface area contributed by atoms with Gasteiger partial charge in [-0.25, -0.2) is 0 Å². The molecule has 0 amide bonds. The van der Waals surface area contributed by atoms with Crippen LogP contribution in [0.15, 0.2) is 91.1 Å². The topological polar surface area (TPSA) is 12.9 Å². The summed E-state index contributed by atoms with van der Waals surface area (Å²) in [5.41, 5.74) is 10.2. The fraction of sp³-hybridized carbons (Fsp3) is 0.306. The van der Waals surface area contributed by atoms with Crippen molar-refractivity contribution in [3.63, 3.8) is 0 Å². The molecule has 5 unspecified atom stereocenters. The lowest BCUT2D eigenvalue weighted by molar-refractivity contribution is -0.0320. The molecule has 1 nitrogen and oxygen atoms in total. The minimum atomic E-state index is 0.169. The van der Waals surface area contributed by atoms with Crippen molar-refractivity contribution in [2.45, 2.75) is 43.9 Å². The molecule has 3 bridgehead atoms. The Kier molecular flexibility index (Phi) is 4.07. The van der Waals surface area contributed by atoms with Crippen LogP contribution in [0.1, 0.15) is 49.7 Å². The highest BCUT2D eigenvalue weighted by Gasteiger charge is 2.61. The molecule has 4 aliphatic carbocycles. The molecule has 1 spiro atoms. The molecule has 1 heteroatoms. The second-order valence-electron chi connectivity index (χ2n) is 12.2. The lowest BCUT2D eigenvalue weighted by Crippen LogP contribution is -2.55. The van der Waals surface area contributed by atoms with Gasteiger partial charge in [-0.15, -0.1) is 0 Å². The van der Waals surface area contributed by atoms with Crippen LogP contribution >= 0.6 is 0 Å². The van der Waals surface area contributed by atoms with E-state index >= 15 is 0 Å². The molecule has 9 rings (SSSR count). The Bertz CT molecular complexity index is 1720. The van der Waals surface area contributed by atoms with Gasteiger partial charge in [-0.2, -0.15) is 0 Å². The summed E-state index contributed by atoms with van der Waals surface area (Å²) in [6, 6.07) is 32.3. The van der Waals surface area contributed by atoms with Gasteiger partial charge >= 0.3 is 0 Å². The van der Waals surface area contributed by atoms with Crippen LogP contribution in [0, 0.1) is 23.7 Å². The highest BCUT2D eigenvalue weighted by Crippen LogP contribution is 2.70. The smallest absolute Gasteiger partial charge is 0.0780 e. The van der Waals surface area contributed by atoms with Gasteiger partial charge in [0.25, 0.3) is 0 Å². The van der Waals surface area contributed by atoms with Crippen LogP contribution in [0.5, 0.6) is 0 Å². The zero-order valence-electron chi connectivity index (χ0n) is 21.2. The van der Waals surface area contributed by atoms with E-state index in [0.29, 0.717) is 0 Å². The first-order valence-electron chi connectivity index (χ1n) is 14.3. The van der Waals surface area contributed by atoms with Gasteiger partial charge in [-0.05, 0) is 100 Å². The van der Waals surface area contributed by atoms with Crippen LogP contribution in [-0.4, -0.2) is 4.98 Å². The second-order valence-corrected chi connectivity index (χ2v) is 12.2. The van der Waals surface area contributed by atoms with E-state index in [0.717, 1.165) is 29.2 Å². The van der Waals surface area contributed by atoms with E-state index in [2.05, 4.69) is 84.9 Å². The van der Waals surface area contributed by atoms with E-state index in [-0.39, 0.29) is 5.41 Å². The molecule has 1 heterocycles. The Balaban J connectivity index is 1.43. The molecule has 37 heavy (non-hydrogen) atoms. The molecule has 0 aliphatic heterocycles. The monoisotopic (exact) mass is 477 g/mol. The lowest BCUT2D eigenvalue weighted by Gasteiger charge is -2.60. The quantitative estimate of drug-likeness (QED) is 0.234. The van der Waals surface area contributed by atoms with Crippen LogP contribution in [-0.2, 0) is 5.41 Å². The van der Waals surface area contributed by atoms with Crippen molar-refractivity contribution in [3.05, 3.63) is 102 Å². The molecule has 1 aromatic heterocycles. The maximum atomic E-state index is 4.89. The Morgan fingerprint density at radius 2 is 1.43 bits per heavy atom. The molecular formula is C36H31N. The molecule has 180 valence electrons. The normalized spacial score (nSPS) is 29.1. The summed E-state index contributed by atoms with van der Waals surface area (Å²) >= 11 is 0. The predicted octanol–water partition coefficient (Wildman–Crippen LogP) is 9.17. The molecule has 5 atom stereocenters. The number of hydrogen-bond donors (Lipinski definition) is 0. The summed E-state index contributed by atoms with van der Waals surface area (Å²) in [6.45, 7) is 0. The van der Waals surface area contributed by atoms with E-state index in [1.807, 2.05) is 6.20 Å². The van der Waals surface area contributed by atoms with Crippen LogP contribution in [0.4, 0.5) is 0 Å². The summed E-state index contributed by atoms with van der Waals surface area (Å²) in [6.07, 6.45) is 10.5. The van der Waals surface area contributed by atoms with Crippen molar-refractivity contribution in [1.82, 2.24) is 4.98 Å². The number of nitrogens with zero attached hydrogens (tertiary/aromatic N) is 1. The molecule has 4 aliphatic rings. The summed E-state index contributed by atoms with van der Waals surface area (Å²) < 4.78 is 0. The number of benzene rings is 4. The van der Waals surface area contributed by atoms with Gasteiger partial charge in [0.15, 0.2) is 0 Å². The van der Waals surface area contributed by atoms with Gasteiger partial charge in [0.1, 0.15) is 0 Å². The van der Waals surface area contributed by atoms with E-state index in [4.69, 9.17) is 4.98 Å². The summed E-state index contributed by atoms with van der Waals surface area (Å²) in [5, 5.41) is 4.00. The van der Waals surface area contributed by atoms with Crippen LogP contribution in [0.2, 0.25) is 0 Å². The Hall–Kier alpha value is -3.45. The Morgan fingerprint density at radius 1 is 0.622 bits per heavy atom. The maximum Gasteiger partial charge on any atom is 0.0780 e. The first-order valence-corrected chi connectivity index (χ1v) is 14.3. The van der Waals surface area contributed by atoms with Gasteiger partial charge < -0.3 is 0 Å². The van der Waals surface area contributed by atoms with Crippen LogP contribution < -0.4 is 0 Å². The minimum absolute atomic E-state index is 0.169. The van der Waals surface area contributed by atoms with Crippen molar-refractivity contribution in [1.29, 1.82) is 0 Å². The first kappa shape index (κ1) is 20.6. The number of hydrogen-bond acceptors (Lipinski definition) is 1. The van der Waals surface area contributed by atoms with Crippen molar-refractivity contribution in [2.24, 2.45) is 23.7 Å². The molecule has 0 N–H and O–H groups in total. The molecule has 3 fully saturated rings. The number of para-hydroxylation sites is 1.